The van der Waals surface area contributed by atoms with E-state index in [1.807, 2.05) is 0 Å². The molecule has 0 aliphatic heterocycles. The van der Waals surface area contributed by atoms with Crippen LogP contribution in [0.25, 0.3) is 0 Å². The fraction of sp³-hybridized carbons (Fsp3) is 1.00. The van der Waals surface area contributed by atoms with Crippen molar-refractivity contribution in [2.24, 2.45) is 17.6 Å². The van der Waals surface area contributed by atoms with E-state index in [2.05, 4.69) is 20.8 Å². The van der Waals surface area contributed by atoms with Crippen molar-refractivity contribution < 1.29 is 0 Å². The van der Waals surface area contributed by atoms with Crippen LogP contribution in [0.3, 0.4) is 0 Å². The summed E-state index contributed by atoms with van der Waals surface area (Å²) in [5.74, 6) is 1.54. The summed E-state index contributed by atoms with van der Waals surface area (Å²) in [6, 6.07) is 0. The lowest BCUT2D eigenvalue weighted by Crippen LogP contribution is -2.39. The number of nitrogens with two attached hydrogens (primary N) is 1. The maximum absolute atomic E-state index is 6.01. The highest BCUT2D eigenvalue weighted by Crippen LogP contribution is 2.37. The second-order valence-corrected chi connectivity index (χ2v) is 3.81. The van der Waals surface area contributed by atoms with Gasteiger partial charge in [0.1, 0.15) is 0 Å². The molecule has 3 unspecified atom stereocenters. The third-order valence-electron chi connectivity index (χ3n) is 3.03. The number of rotatable bonds is 0. The lowest BCUT2D eigenvalue weighted by atomic mass is 9.88. The Morgan fingerprint density at radius 3 is 2.11 bits per heavy atom. The van der Waals surface area contributed by atoms with Crippen LogP contribution in [-0.2, 0) is 0 Å². The Morgan fingerprint density at radius 2 is 2.00 bits per heavy atom. The van der Waals surface area contributed by atoms with Crippen LogP contribution in [0.1, 0.15) is 33.6 Å². The zero-order valence-corrected chi connectivity index (χ0v) is 6.65. The predicted molar refractivity (Wildman–Crippen MR) is 40.2 cm³/mol. The highest BCUT2D eigenvalue weighted by Gasteiger charge is 2.36. The van der Waals surface area contributed by atoms with Crippen LogP contribution in [-0.4, -0.2) is 5.54 Å². The molecule has 3 atom stereocenters. The van der Waals surface area contributed by atoms with Crippen molar-refractivity contribution in [1.82, 2.24) is 0 Å². The van der Waals surface area contributed by atoms with E-state index in [-0.39, 0.29) is 5.54 Å². The summed E-state index contributed by atoms with van der Waals surface area (Å²) in [4.78, 5) is 0. The first-order chi connectivity index (χ1) is 4.04. The predicted octanol–water partition coefficient (Wildman–Crippen LogP) is 1.77. The highest BCUT2D eigenvalue weighted by molar-refractivity contribution is 4.93. The molecule has 0 amide bonds. The first-order valence-electron chi connectivity index (χ1n) is 3.83. The molecule has 2 N–H and O–H groups in total. The molecule has 1 aliphatic rings. The van der Waals surface area contributed by atoms with Gasteiger partial charge in [-0.05, 0) is 31.6 Å². The third kappa shape index (κ3) is 1.11. The normalized spacial score (nSPS) is 52.0. The van der Waals surface area contributed by atoms with Crippen molar-refractivity contribution in [3.8, 4) is 0 Å². The second kappa shape index (κ2) is 1.98. The van der Waals surface area contributed by atoms with E-state index >= 15 is 0 Å². The minimum absolute atomic E-state index is 0.124. The lowest BCUT2D eigenvalue weighted by molar-refractivity contribution is 0.324. The van der Waals surface area contributed by atoms with Crippen LogP contribution in [0, 0.1) is 11.8 Å². The van der Waals surface area contributed by atoms with Crippen molar-refractivity contribution in [1.29, 1.82) is 0 Å². The van der Waals surface area contributed by atoms with E-state index in [9.17, 15) is 0 Å². The Hall–Kier alpha value is -0.0400. The van der Waals surface area contributed by atoms with Crippen molar-refractivity contribution in [2.45, 2.75) is 39.2 Å². The molecule has 0 saturated heterocycles. The molecule has 0 spiro atoms. The number of hydrogen-bond donors (Lipinski definition) is 1. The van der Waals surface area contributed by atoms with Crippen LogP contribution in [0.15, 0.2) is 0 Å². The Morgan fingerprint density at radius 1 is 1.44 bits per heavy atom. The van der Waals surface area contributed by atoms with Crippen molar-refractivity contribution in [3.63, 3.8) is 0 Å². The van der Waals surface area contributed by atoms with Gasteiger partial charge in [0.15, 0.2) is 0 Å². The molecule has 0 aromatic heterocycles. The largest absolute Gasteiger partial charge is 0.325 e. The molecule has 1 aliphatic carbocycles. The van der Waals surface area contributed by atoms with E-state index < -0.39 is 0 Å². The Kier molecular flexibility index (Phi) is 1.55. The van der Waals surface area contributed by atoms with Crippen LogP contribution in [0.5, 0.6) is 0 Å². The molecule has 9 heavy (non-hydrogen) atoms. The number of hydrogen-bond acceptors (Lipinski definition) is 1. The van der Waals surface area contributed by atoms with Crippen LogP contribution in [0.2, 0.25) is 0 Å². The topological polar surface area (TPSA) is 26.0 Å². The van der Waals surface area contributed by atoms with Crippen molar-refractivity contribution in [2.75, 3.05) is 0 Å². The van der Waals surface area contributed by atoms with E-state index in [1.54, 1.807) is 0 Å². The van der Waals surface area contributed by atoms with Crippen LogP contribution < -0.4 is 5.73 Å². The molecular weight excluding hydrogens is 110 g/mol. The smallest absolute Gasteiger partial charge is 0.0154 e. The van der Waals surface area contributed by atoms with Gasteiger partial charge in [0.2, 0.25) is 0 Å². The highest BCUT2D eigenvalue weighted by atomic mass is 14.8. The zero-order valence-electron chi connectivity index (χ0n) is 6.65. The standard InChI is InChI=1S/C8H17N/c1-6-4-5-8(3,9)7(6)2/h6-7H,4-5,9H2,1-3H3. The van der Waals surface area contributed by atoms with Crippen LogP contribution in [0.4, 0.5) is 0 Å². The summed E-state index contributed by atoms with van der Waals surface area (Å²) >= 11 is 0. The first kappa shape index (κ1) is 7.07. The monoisotopic (exact) mass is 127 g/mol. The summed E-state index contributed by atoms with van der Waals surface area (Å²) in [5.41, 5.74) is 6.14. The van der Waals surface area contributed by atoms with Crippen LogP contribution >= 0.6 is 0 Å². The molecule has 54 valence electrons. The van der Waals surface area contributed by atoms with Gasteiger partial charge in [-0.25, -0.2) is 0 Å². The molecule has 0 aromatic carbocycles. The fourth-order valence-corrected chi connectivity index (χ4v) is 1.67. The molecule has 1 heteroatoms. The average Bonchev–Trinajstić information content (AvgIpc) is 1.97. The first-order valence-corrected chi connectivity index (χ1v) is 3.83. The van der Waals surface area contributed by atoms with Gasteiger partial charge >= 0.3 is 0 Å². The molecule has 0 bridgehead atoms. The summed E-state index contributed by atoms with van der Waals surface area (Å²) < 4.78 is 0. The van der Waals surface area contributed by atoms with Gasteiger partial charge in [-0.1, -0.05) is 13.8 Å². The molecule has 0 radical (unpaired) electrons. The van der Waals surface area contributed by atoms with Crippen molar-refractivity contribution in [3.05, 3.63) is 0 Å². The molecule has 1 fully saturated rings. The van der Waals surface area contributed by atoms with Gasteiger partial charge in [0.25, 0.3) is 0 Å². The minimum Gasteiger partial charge on any atom is -0.325 e. The van der Waals surface area contributed by atoms with Crippen molar-refractivity contribution >= 4 is 0 Å². The van der Waals surface area contributed by atoms with Gasteiger partial charge in [0, 0.05) is 5.54 Å². The van der Waals surface area contributed by atoms with Gasteiger partial charge in [0.05, 0.1) is 0 Å². The molecule has 1 rings (SSSR count). The molecule has 0 heterocycles. The minimum atomic E-state index is 0.124. The SMILES string of the molecule is CC1CCC(C)(N)C1C. The molecule has 1 nitrogen and oxygen atoms in total. The summed E-state index contributed by atoms with van der Waals surface area (Å²) in [6.45, 7) is 6.72. The molecule has 1 saturated carbocycles. The maximum atomic E-state index is 6.01. The van der Waals surface area contributed by atoms with E-state index in [0.717, 1.165) is 5.92 Å². The molecule has 0 aromatic rings. The van der Waals surface area contributed by atoms with Gasteiger partial charge < -0.3 is 5.73 Å². The lowest BCUT2D eigenvalue weighted by Gasteiger charge is -2.25. The summed E-state index contributed by atoms with van der Waals surface area (Å²) in [6.07, 6.45) is 2.52. The van der Waals surface area contributed by atoms with E-state index in [4.69, 9.17) is 5.73 Å². The summed E-state index contributed by atoms with van der Waals surface area (Å²) in [5, 5.41) is 0. The zero-order chi connectivity index (χ0) is 7.07. The van der Waals surface area contributed by atoms with E-state index in [1.165, 1.54) is 12.8 Å². The fourth-order valence-electron chi connectivity index (χ4n) is 1.67. The van der Waals surface area contributed by atoms with Gasteiger partial charge in [-0.2, -0.15) is 0 Å². The second-order valence-electron chi connectivity index (χ2n) is 3.81. The van der Waals surface area contributed by atoms with Gasteiger partial charge in [-0.15, -0.1) is 0 Å². The summed E-state index contributed by atoms with van der Waals surface area (Å²) in [7, 11) is 0. The maximum Gasteiger partial charge on any atom is 0.0154 e. The third-order valence-corrected chi connectivity index (χ3v) is 3.03. The molecular formula is C8H17N. The average molecular weight is 127 g/mol. The van der Waals surface area contributed by atoms with E-state index in [0.29, 0.717) is 5.92 Å². The Bertz CT molecular complexity index is 107. The quantitative estimate of drug-likeness (QED) is 0.527. The Labute approximate surface area is 57.6 Å². The Balaban J connectivity index is 2.62. The van der Waals surface area contributed by atoms with Gasteiger partial charge in [-0.3, -0.25) is 0 Å².